The minimum atomic E-state index is 0.918. The van der Waals surface area contributed by atoms with Crippen LogP contribution in [0.3, 0.4) is 0 Å². The van der Waals surface area contributed by atoms with Crippen LogP contribution < -0.4 is 5.32 Å². The Labute approximate surface area is 106 Å². The molecule has 0 saturated carbocycles. The Morgan fingerprint density at radius 3 is 2.78 bits per heavy atom. The summed E-state index contributed by atoms with van der Waals surface area (Å²) in [4.78, 5) is 4.27. The van der Waals surface area contributed by atoms with Crippen molar-refractivity contribution in [2.45, 2.75) is 6.42 Å². The quantitative estimate of drug-likeness (QED) is 0.756. The summed E-state index contributed by atoms with van der Waals surface area (Å²) in [5, 5.41) is 3.45. The molecule has 0 aliphatic carbocycles. The highest BCUT2D eigenvalue weighted by atomic mass is 15.1. The van der Waals surface area contributed by atoms with Crippen molar-refractivity contribution >= 4 is 11.5 Å². The molecule has 0 radical (unpaired) electrons. The fourth-order valence-electron chi connectivity index (χ4n) is 2.07. The summed E-state index contributed by atoms with van der Waals surface area (Å²) in [5.41, 5.74) is 2.32. The molecule has 3 aromatic rings. The van der Waals surface area contributed by atoms with Crippen molar-refractivity contribution < 1.29 is 0 Å². The fraction of sp³-hybridized carbons (Fsp3) is 0.133. The molecule has 3 heteroatoms. The first-order chi connectivity index (χ1) is 8.93. The molecule has 0 bridgehead atoms. The molecule has 0 unspecified atom stereocenters. The zero-order chi connectivity index (χ0) is 12.2. The summed E-state index contributed by atoms with van der Waals surface area (Å²) < 4.78 is 2.06. The van der Waals surface area contributed by atoms with Crippen LogP contribution in [0.1, 0.15) is 5.56 Å². The molecule has 0 amide bonds. The van der Waals surface area contributed by atoms with Crippen molar-refractivity contribution in [3.05, 3.63) is 66.5 Å². The number of imidazole rings is 1. The number of nitrogens with one attached hydrogen (secondary N) is 1. The lowest BCUT2D eigenvalue weighted by atomic mass is 10.1. The number of nitrogens with zero attached hydrogens (tertiary/aromatic N) is 2. The van der Waals surface area contributed by atoms with E-state index in [9.17, 15) is 0 Å². The molecular weight excluding hydrogens is 222 g/mol. The number of benzene rings is 1. The first kappa shape index (κ1) is 10.8. The van der Waals surface area contributed by atoms with Gasteiger partial charge in [0.05, 0.1) is 0 Å². The second-order valence-electron chi connectivity index (χ2n) is 4.23. The summed E-state index contributed by atoms with van der Waals surface area (Å²) in [6, 6.07) is 16.6. The van der Waals surface area contributed by atoms with E-state index in [1.807, 2.05) is 30.6 Å². The Morgan fingerprint density at radius 2 is 1.89 bits per heavy atom. The van der Waals surface area contributed by atoms with E-state index in [0.717, 1.165) is 24.4 Å². The van der Waals surface area contributed by atoms with Crippen LogP contribution in [-0.4, -0.2) is 15.9 Å². The SMILES string of the molecule is c1ccc(CCNc2cccc3nccn23)cc1. The Bertz CT molecular complexity index is 628. The van der Waals surface area contributed by atoms with Gasteiger partial charge in [0, 0.05) is 18.9 Å². The Hall–Kier alpha value is -2.29. The van der Waals surface area contributed by atoms with Gasteiger partial charge >= 0.3 is 0 Å². The topological polar surface area (TPSA) is 29.3 Å². The minimum absolute atomic E-state index is 0.918. The zero-order valence-corrected chi connectivity index (χ0v) is 10.1. The lowest BCUT2D eigenvalue weighted by Crippen LogP contribution is -2.07. The zero-order valence-electron chi connectivity index (χ0n) is 10.1. The summed E-state index contributed by atoms with van der Waals surface area (Å²) >= 11 is 0. The number of aromatic nitrogens is 2. The maximum atomic E-state index is 4.27. The highest BCUT2D eigenvalue weighted by molar-refractivity contribution is 5.49. The van der Waals surface area contributed by atoms with Crippen LogP contribution >= 0.6 is 0 Å². The molecule has 1 aromatic carbocycles. The van der Waals surface area contributed by atoms with E-state index >= 15 is 0 Å². The van der Waals surface area contributed by atoms with Gasteiger partial charge in [0.25, 0.3) is 0 Å². The highest BCUT2D eigenvalue weighted by Gasteiger charge is 1.99. The van der Waals surface area contributed by atoms with Gasteiger partial charge in [-0.15, -0.1) is 0 Å². The molecule has 3 rings (SSSR count). The molecule has 0 fully saturated rings. The lowest BCUT2D eigenvalue weighted by Gasteiger charge is -2.08. The van der Waals surface area contributed by atoms with Crippen LogP contribution in [-0.2, 0) is 6.42 Å². The van der Waals surface area contributed by atoms with Crippen molar-refractivity contribution in [3.8, 4) is 0 Å². The monoisotopic (exact) mass is 237 g/mol. The summed E-state index contributed by atoms with van der Waals surface area (Å²) in [6.45, 7) is 0.918. The predicted octanol–water partition coefficient (Wildman–Crippen LogP) is 2.99. The van der Waals surface area contributed by atoms with Gasteiger partial charge in [-0.2, -0.15) is 0 Å². The minimum Gasteiger partial charge on any atom is -0.371 e. The molecule has 2 aromatic heterocycles. The number of rotatable bonds is 4. The van der Waals surface area contributed by atoms with Gasteiger partial charge in [0.1, 0.15) is 11.5 Å². The van der Waals surface area contributed by atoms with E-state index < -0.39 is 0 Å². The molecule has 0 saturated heterocycles. The van der Waals surface area contributed by atoms with Gasteiger partial charge in [-0.25, -0.2) is 4.98 Å². The molecule has 18 heavy (non-hydrogen) atoms. The standard InChI is InChI=1S/C15H15N3/c1-2-5-13(6-3-1)9-10-16-14-7-4-8-15-17-11-12-18(14)15/h1-8,11-12,16H,9-10H2. The van der Waals surface area contributed by atoms with Gasteiger partial charge in [0.15, 0.2) is 0 Å². The lowest BCUT2D eigenvalue weighted by molar-refractivity contribution is 0.995. The van der Waals surface area contributed by atoms with E-state index in [-0.39, 0.29) is 0 Å². The summed E-state index contributed by atoms with van der Waals surface area (Å²) in [7, 11) is 0. The summed E-state index contributed by atoms with van der Waals surface area (Å²) in [5.74, 6) is 1.08. The number of hydrogen-bond acceptors (Lipinski definition) is 2. The van der Waals surface area contributed by atoms with Gasteiger partial charge in [-0.3, -0.25) is 4.40 Å². The first-order valence-corrected chi connectivity index (χ1v) is 6.13. The maximum absolute atomic E-state index is 4.27. The van der Waals surface area contributed by atoms with Crippen molar-refractivity contribution in [2.75, 3.05) is 11.9 Å². The van der Waals surface area contributed by atoms with Crippen molar-refractivity contribution in [2.24, 2.45) is 0 Å². The smallest absolute Gasteiger partial charge is 0.138 e. The number of anilines is 1. The van der Waals surface area contributed by atoms with E-state index in [4.69, 9.17) is 0 Å². The largest absolute Gasteiger partial charge is 0.371 e. The van der Waals surface area contributed by atoms with E-state index in [2.05, 4.69) is 45.0 Å². The number of fused-ring (bicyclic) bond motifs is 1. The van der Waals surface area contributed by atoms with Crippen LogP contribution in [0.15, 0.2) is 60.9 Å². The third-order valence-corrected chi connectivity index (χ3v) is 2.99. The van der Waals surface area contributed by atoms with Crippen molar-refractivity contribution in [1.82, 2.24) is 9.38 Å². The molecule has 0 atom stereocenters. The van der Waals surface area contributed by atoms with Gasteiger partial charge in [-0.1, -0.05) is 36.4 Å². The molecule has 90 valence electrons. The third kappa shape index (κ3) is 2.20. The van der Waals surface area contributed by atoms with Crippen molar-refractivity contribution in [3.63, 3.8) is 0 Å². The Kier molecular flexibility index (Phi) is 2.96. The highest BCUT2D eigenvalue weighted by Crippen LogP contribution is 2.11. The number of hydrogen-bond donors (Lipinski definition) is 1. The van der Waals surface area contributed by atoms with Crippen LogP contribution in [0.4, 0.5) is 5.82 Å². The Morgan fingerprint density at radius 1 is 1.00 bits per heavy atom. The van der Waals surface area contributed by atoms with Gasteiger partial charge < -0.3 is 5.32 Å². The normalized spacial score (nSPS) is 10.7. The molecule has 1 N–H and O–H groups in total. The summed E-state index contributed by atoms with van der Waals surface area (Å²) in [6.07, 6.45) is 4.81. The molecule has 3 nitrogen and oxygen atoms in total. The van der Waals surface area contributed by atoms with E-state index in [1.165, 1.54) is 5.56 Å². The van der Waals surface area contributed by atoms with Crippen molar-refractivity contribution in [1.29, 1.82) is 0 Å². The van der Waals surface area contributed by atoms with Crippen LogP contribution in [0.5, 0.6) is 0 Å². The van der Waals surface area contributed by atoms with E-state index in [1.54, 1.807) is 0 Å². The molecule has 2 heterocycles. The maximum Gasteiger partial charge on any atom is 0.138 e. The second-order valence-corrected chi connectivity index (χ2v) is 4.23. The van der Waals surface area contributed by atoms with Crippen LogP contribution in [0.2, 0.25) is 0 Å². The second kappa shape index (κ2) is 4.92. The molecular formula is C15H15N3. The average molecular weight is 237 g/mol. The molecule has 0 aliphatic heterocycles. The third-order valence-electron chi connectivity index (χ3n) is 2.99. The average Bonchev–Trinajstić information content (AvgIpc) is 2.89. The van der Waals surface area contributed by atoms with Gasteiger partial charge in [0.2, 0.25) is 0 Å². The number of pyridine rings is 1. The van der Waals surface area contributed by atoms with Crippen LogP contribution in [0.25, 0.3) is 5.65 Å². The molecule has 0 spiro atoms. The predicted molar refractivity (Wildman–Crippen MR) is 73.8 cm³/mol. The van der Waals surface area contributed by atoms with E-state index in [0.29, 0.717) is 0 Å². The first-order valence-electron chi connectivity index (χ1n) is 6.13. The molecule has 0 aliphatic rings. The van der Waals surface area contributed by atoms with Gasteiger partial charge in [-0.05, 0) is 24.1 Å². The van der Waals surface area contributed by atoms with Crippen LogP contribution in [0, 0.1) is 0 Å². The Balaban J connectivity index is 1.68. The fourth-order valence-corrected chi connectivity index (χ4v) is 2.07.